The fraction of sp³-hybridized carbons (Fsp3) is 0.115. The quantitative estimate of drug-likeness (QED) is 0.315. The van der Waals surface area contributed by atoms with E-state index in [2.05, 4.69) is 5.32 Å². The summed E-state index contributed by atoms with van der Waals surface area (Å²) in [6.45, 7) is 0.410. The van der Waals surface area contributed by atoms with Gasteiger partial charge in [0.15, 0.2) is 18.1 Å². The number of hydrogen-bond acceptors (Lipinski definition) is 7. The van der Waals surface area contributed by atoms with Gasteiger partial charge in [0.05, 0.1) is 11.4 Å². The summed E-state index contributed by atoms with van der Waals surface area (Å²) in [5.41, 5.74) is 2.36. The number of hydrogen-bond donors (Lipinski definition) is 1. The van der Waals surface area contributed by atoms with Gasteiger partial charge in [0.2, 0.25) is 6.79 Å². The molecular formula is C26H19ClN2O5S2. The van der Waals surface area contributed by atoms with E-state index in [4.69, 9.17) is 38.0 Å². The van der Waals surface area contributed by atoms with Gasteiger partial charge in [0, 0.05) is 10.7 Å². The first-order chi connectivity index (χ1) is 17.4. The maximum atomic E-state index is 13.0. The molecule has 0 aromatic heterocycles. The van der Waals surface area contributed by atoms with Gasteiger partial charge in [-0.1, -0.05) is 53.8 Å². The molecule has 0 saturated carbocycles. The van der Waals surface area contributed by atoms with Gasteiger partial charge in [-0.15, -0.1) is 0 Å². The Labute approximate surface area is 222 Å². The van der Waals surface area contributed by atoms with Crippen molar-refractivity contribution in [3.8, 4) is 17.2 Å². The average molecular weight is 539 g/mol. The Hall–Kier alpha value is -3.53. The average Bonchev–Trinajstić information content (AvgIpc) is 3.45. The van der Waals surface area contributed by atoms with E-state index < -0.39 is 0 Å². The number of benzene rings is 3. The zero-order valence-electron chi connectivity index (χ0n) is 18.7. The first-order valence-corrected chi connectivity index (χ1v) is 12.5. The second-order valence-corrected chi connectivity index (χ2v) is 9.98. The van der Waals surface area contributed by atoms with Crippen LogP contribution < -0.4 is 19.5 Å². The number of rotatable bonds is 7. The van der Waals surface area contributed by atoms with E-state index in [1.54, 1.807) is 47.4 Å². The number of ether oxygens (including phenoxy) is 3. The molecule has 0 bridgehead atoms. The van der Waals surface area contributed by atoms with Crippen molar-refractivity contribution in [3.63, 3.8) is 0 Å². The van der Waals surface area contributed by atoms with Crippen LogP contribution in [0.15, 0.2) is 71.6 Å². The van der Waals surface area contributed by atoms with Gasteiger partial charge in [-0.2, -0.15) is 0 Å². The van der Waals surface area contributed by atoms with Crippen LogP contribution in [0.4, 0.5) is 5.69 Å². The van der Waals surface area contributed by atoms with Crippen molar-refractivity contribution in [1.29, 1.82) is 0 Å². The minimum Gasteiger partial charge on any atom is -0.484 e. The summed E-state index contributed by atoms with van der Waals surface area (Å²) in [5.74, 6) is 1.46. The van der Waals surface area contributed by atoms with Crippen molar-refractivity contribution in [2.45, 2.75) is 6.54 Å². The summed E-state index contributed by atoms with van der Waals surface area (Å²) < 4.78 is 16.8. The number of halogens is 1. The van der Waals surface area contributed by atoms with E-state index in [1.807, 2.05) is 30.3 Å². The minimum atomic E-state index is -0.285. The van der Waals surface area contributed by atoms with Crippen LogP contribution in [-0.4, -0.2) is 34.4 Å². The molecule has 10 heteroatoms. The summed E-state index contributed by atoms with van der Waals surface area (Å²) in [4.78, 5) is 27.2. The fourth-order valence-electron chi connectivity index (χ4n) is 3.55. The topological polar surface area (TPSA) is 77.1 Å². The van der Waals surface area contributed by atoms with E-state index in [0.29, 0.717) is 43.7 Å². The Morgan fingerprint density at radius 1 is 1.08 bits per heavy atom. The molecule has 3 aromatic rings. The molecular weight excluding hydrogens is 520 g/mol. The van der Waals surface area contributed by atoms with Crippen molar-refractivity contribution < 1.29 is 23.8 Å². The van der Waals surface area contributed by atoms with Crippen molar-refractivity contribution in [3.05, 3.63) is 87.8 Å². The number of nitrogens with one attached hydrogen (secondary N) is 1. The van der Waals surface area contributed by atoms with Crippen LogP contribution in [0.1, 0.15) is 11.1 Å². The van der Waals surface area contributed by atoms with Gasteiger partial charge in [-0.05, 0) is 65.7 Å². The third-order valence-electron chi connectivity index (χ3n) is 5.33. The Bertz CT molecular complexity index is 1360. The predicted octanol–water partition coefficient (Wildman–Crippen LogP) is 5.49. The number of thiocarbonyl (C=S) groups is 1. The lowest BCUT2D eigenvalue weighted by molar-refractivity contribution is -0.122. The molecule has 2 aliphatic heterocycles. The summed E-state index contributed by atoms with van der Waals surface area (Å²) >= 11 is 12.6. The van der Waals surface area contributed by atoms with Crippen LogP contribution in [-0.2, 0) is 16.1 Å². The van der Waals surface area contributed by atoms with Crippen LogP contribution in [0.25, 0.3) is 6.08 Å². The lowest BCUT2D eigenvalue weighted by Gasteiger charge is -2.14. The van der Waals surface area contributed by atoms with E-state index in [9.17, 15) is 9.59 Å². The molecule has 182 valence electrons. The molecule has 0 radical (unpaired) electrons. The first kappa shape index (κ1) is 24.2. The maximum absolute atomic E-state index is 13.0. The molecule has 0 aliphatic carbocycles. The molecule has 2 heterocycles. The fourth-order valence-corrected chi connectivity index (χ4v) is 4.93. The highest BCUT2D eigenvalue weighted by Gasteiger charge is 2.32. The molecule has 5 rings (SSSR count). The largest absolute Gasteiger partial charge is 0.484 e. The monoisotopic (exact) mass is 538 g/mol. The lowest BCUT2D eigenvalue weighted by Crippen LogP contribution is -2.27. The summed E-state index contributed by atoms with van der Waals surface area (Å²) in [6, 6.07) is 19.5. The van der Waals surface area contributed by atoms with Crippen LogP contribution in [0.5, 0.6) is 17.2 Å². The Morgan fingerprint density at radius 3 is 2.61 bits per heavy atom. The number of thioether (sulfide) groups is 1. The molecule has 2 aliphatic rings. The maximum Gasteiger partial charge on any atom is 0.266 e. The number of nitrogens with zero attached hydrogens (tertiary/aromatic N) is 1. The number of carbonyl (C=O) groups is 2. The van der Waals surface area contributed by atoms with E-state index in [-0.39, 0.29) is 25.2 Å². The predicted molar refractivity (Wildman–Crippen MR) is 143 cm³/mol. The third kappa shape index (κ3) is 5.64. The Balaban J connectivity index is 1.17. The molecule has 0 atom stereocenters. The Morgan fingerprint density at radius 2 is 1.83 bits per heavy atom. The normalized spacial score (nSPS) is 15.5. The molecule has 36 heavy (non-hydrogen) atoms. The zero-order chi connectivity index (χ0) is 25.1. The molecule has 2 amide bonds. The second-order valence-electron chi connectivity index (χ2n) is 7.87. The van der Waals surface area contributed by atoms with Gasteiger partial charge in [-0.3, -0.25) is 14.5 Å². The first-order valence-electron chi connectivity index (χ1n) is 10.9. The number of anilines is 1. The van der Waals surface area contributed by atoms with Crippen molar-refractivity contribution >= 4 is 63.5 Å². The van der Waals surface area contributed by atoms with Gasteiger partial charge in [0.1, 0.15) is 10.1 Å². The Kier molecular flexibility index (Phi) is 7.13. The molecule has 1 saturated heterocycles. The van der Waals surface area contributed by atoms with Crippen LogP contribution >= 0.6 is 35.6 Å². The molecule has 0 unspecified atom stereocenters. The van der Waals surface area contributed by atoms with Crippen LogP contribution in [0.2, 0.25) is 5.02 Å². The third-order valence-corrected chi connectivity index (χ3v) is 6.96. The van der Waals surface area contributed by atoms with Crippen molar-refractivity contribution in [2.24, 2.45) is 0 Å². The number of fused-ring (bicyclic) bond motifs is 1. The molecule has 3 aromatic carbocycles. The standard InChI is InChI=1S/C26H19ClN2O5S2/c27-18-4-6-19(7-5-18)28-24(30)14-32-20-8-1-16(2-9-20)12-23-25(31)29(26(35)36-23)13-17-3-10-21-22(11-17)34-15-33-21/h1-12H,13-15H2,(H,28,30)/b23-12-. The number of amides is 2. The molecule has 0 spiro atoms. The highest BCUT2D eigenvalue weighted by atomic mass is 35.5. The highest BCUT2D eigenvalue weighted by Crippen LogP contribution is 2.36. The zero-order valence-corrected chi connectivity index (χ0v) is 21.1. The van der Waals surface area contributed by atoms with Crippen LogP contribution in [0.3, 0.4) is 0 Å². The summed E-state index contributed by atoms with van der Waals surface area (Å²) in [6.07, 6.45) is 1.79. The number of carbonyl (C=O) groups excluding carboxylic acids is 2. The summed E-state index contributed by atoms with van der Waals surface area (Å²) in [5, 5.41) is 3.33. The SMILES string of the molecule is O=C(COc1ccc(/C=C2\SC(=S)N(Cc3ccc4c(c3)OCO4)C2=O)cc1)Nc1ccc(Cl)cc1. The molecule has 1 fully saturated rings. The highest BCUT2D eigenvalue weighted by molar-refractivity contribution is 8.26. The van der Waals surface area contributed by atoms with E-state index in [1.165, 1.54) is 11.8 Å². The van der Waals surface area contributed by atoms with E-state index >= 15 is 0 Å². The second kappa shape index (κ2) is 10.6. The smallest absolute Gasteiger partial charge is 0.266 e. The lowest BCUT2D eigenvalue weighted by atomic mass is 10.2. The van der Waals surface area contributed by atoms with Gasteiger partial charge in [0.25, 0.3) is 11.8 Å². The van der Waals surface area contributed by atoms with Gasteiger partial charge >= 0.3 is 0 Å². The molecule has 7 nitrogen and oxygen atoms in total. The summed E-state index contributed by atoms with van der Waals surface area (Å²) in [7, 11) is 0. The van der Waals surface area contributed by atoms with Gasteiger partial charge in [-0.25, -0.2) is 0 Å². The van der Waals surface area contributed by atoms with Crippen molar-refractivity contribution in [1.82, 2.24) is 4.90 Å². The van der Waals surface area contributed by atoms with Gasteiger partial charge < -0.3 is 19.5 Å². The minimum absolute atomic E-state index is 0.138. The van der Waals surface area contributed by atoms with E-state index in [0.717, 1.165) is 11.1 Å². The van der Waals surface area contributed by atoms with Crippen molar-refractivity contribution in [2.75, 3.05) is 18.7 Å². The molecule has 1 N–H and O–H groups in total. The van der Waals surface area contributed by atoms with Crippen LogP contribution in [0, 0.1) is 0 Å².